The van der Waals surface area contributed by atoms with Crippen molar-refractivity contribution < 1.29 is 9.59 Å². The molecule has 0 saturated heterocycles. The Hall–Kier alpha value is -2.93. The molecule has 2 aliphatic heterocycles. The average molecular weight is 435 g/mol. The summed E-state index contributed by atoms with van der Waals surface area (Å²) in [5, 5.41) is 3.03. The highest BCUT2D eigenvalue weighted by atomic mass is 32.2. The first-order valence-electron chi connectivity index (χ1n) is 10.5. The maximum Gasteiger partial charge on any atom is 0.259 e. The molecule has 0 unspecified atom stereocenters. The number of para-hydroxylation sites is 2. The van der Waals surface area contributed by atoms with E-state index >= 15 is 0 Å². The summed E-state index contributed by atoms with van der Waals surface area (Å²) in [6.45, 7) is 7.88. The van der Waals surface area contributed by atoms with Gasteiger partial charge in [-0.05, 0) is 43.5 Å². The van der Waals surface area contributed by atoms with Crippen LogP contribution in [0, 0.1) is 12.8 Å². The van der Waals surface area contributed by atoms with Crippen molar-refractivity contribution in [2.24, 2.45) is 15.9 Å². The Morgan fingerprint density at radius 3 is 2.61 bits per heavy atom. The molecule has 2 heterocycles. The Balaban J connectivity index is 1.61. The fourth-order valence-corrected chi connectivity index (χ4v) is 4.52. The summed E-state index contributed by atoms with van der Waals surface area (Å²) in [7, 11) is 0. The number of benzene rings is 2. The van der Waals surface area contributed by atoms with Crippen LogP contribution in [-0.4, -0.2) is 39.0 Å². The molecule has 2 aromatic carbocycles. The minimum atomic E-state index is -0.444. The lowest BCUT2D eigenvalue weighted by atomic mass is 10.00. The molecule has 31 heavy (non-hydrogen) atoms. The van der Waals surface area contributed by atoms with Crippen molar-refractivity contribution in [1.29, 1.82) is 0 Å². The van der Waals surface area contributed by atoms with Crippen molar-refractivity contribution in [3.63, 3.8) is 0 Å². The van der Waals surface area contributed by atoms with Gasteiger partial charge in [0.05, 0.1) is 10.9 Å². The zero-order chi connectivity index (χ0) is 22.1. The number of carbonyl (C=O) groups excluding carboxylic acids is 2. The van der Waals surface area contributed by atoms with Gasteiger partial charge in [-0.25, -0.2) is 9.89 Å². The zero-order valence-electron chi connectivity index (χ0n) is 18.1. The lowest BCUT2D eigenvalue weighted by molar-refractivity contribution is -0.125. The Kier molecular flexibility index (Phi) is 5.96. The first kappa shape index (κ1) is 21.3. The largest absolute Gasteiger partial charge is 0.325 e. The Morgan fingerprint density at radius 1 is 1.16 bits per heavy atom. The maximum absolute atomic E-state index is 13.3. The van der Waals surface area contributed by atoms with Gasteiger partial charge in [-0.1, -0.05) is 62.4 Å². The van der Waals surface area contributed by atoms with Crippen LogP contribution in [0.4, 0.5) is 11.4 Å². The fourth-order valence-electron chi connectivity index (χ4n) is 3.60. The summed E-state index contributed by atoms with van der Waals surface area (Å²) in [5.74, 6) is 0.557. The number of carbonyl (C=O) groups is 2. The van der Waals surface area contributed by atoms with Crippen LogP contribution in [0.15, 0.2) is 58.5 Å². The van der Waals surface area contributed by atoms with Crippen LogP contribution in [0.2, 0.25) is 0 Å². The monoisotopic (exact) mass is 434 g/mol. The molecule has 0 aliphatic carbocycles. The topological polar surface area (TPSA) is 74.1 Å². The third-order valence-electron chi connectivity index (χ3n) is 5.74. The Morgan fingerprint density at radius 2 is 1.87 bits per heavy atom. The van der Waals surface area contributed by atoms with Crippen LogP contribution in [0.5, 0.6) is 0 Å². The molecule has 1 N–H and O–H groups in total. The fraction of sp³-hybridized carbons (Fsp3) is 0.333. The Bertz CT molecular complexity index is 1090. The molecule has 3 atom stereocenters. The molecular weight excluding hydrogens is 408 g/mol. The van der Waals surface area contributed by atoms with Gasteiger partial charge in [-0.2, -0.15) is 0 Å². The molecular formula is C24H26N4O2S. The number of nitrogens with one attached hydrogen (secondary N) is 1. The number of nitrogens with zero attached hydrogens (tertiary/aromatic N) is 3. The van der Waals surface area contributed by atoms with E-state index in [0.29, 0.717) is 11.0 Å². The molecule has 0 aromatic heterocycles. The Labute approximate surface area is 186 Å². The van der Waals surface area contributed by atoms with E-state index in [1.165, 1.54) is 11.8 Å². The minimum Gasteiger partial charge on any atom is -0.325 e. The van der Waals surface area contributed by atoms with Crippen molar-refractivity contribution in [3.05, 3.63) is 59.7 Å². The van der Waals surface area contributed by atoms with Gasteiger partial charge in [0.1, 0.15) is 11.9 Å². The number of rotatable bonds is 5. The number of thioether (sulfide) groups is 1. The number of anilines is 1. The van der Waals surface area contributed by atoms with Gasteiger partial charge in [0.15, 0.2) is 5.17 Å². The summed E-state index contributed by atoms with van der Waals surface area (Å²) in [6, 6.07) is 14.9. The number of aliphatic imine (C=N–C) groups is 2. The summed E-state index contributed by atoms with van der Waals surface area (Å²) in [4.78, 5) is 37.2. The van der Waals surface area contributed by atoms with Gasteiger partial charge < -0.3 is 5.32 Å². The zero-order valence-corrected chi connectivity index (χ0v) is 18.9. The predicted octanol–water partition coefficient (Wildman–Crippen LogP) is 4.76. The van der Waals surface area contributed by atoms with E-state index in [2.05, 4.69) is 12.2 Å². The van der Waals surface area contributed by atoms with Crippen LogP contribution in [-0.2, 0) is 9.59 Å². The van der Waals surface area contributed by atoms with Crippen molar-refractivity contribution in [2.75, 3.05) is 5.32 Å². The molecule has 2 aliphatic rings. The van der Waals surface area contributed by atoms with Gasteiger partial charge >= 0.3 is 0 Å². The molecule has 4 rings (SSSR count). The van der Waals surface area contributed by atoms with Crippen molar-refractivity contribution in [3.8, 4) is 0 Å². The summed E-state index contributed by atoms with van der Waals surface area (Å²) in [5.41, 5.74) is 3.40. The lowest BCUT2D eigenvalue weighted by Crippen LogP contribution is -2.43. The van der Waals surface area contributed by atoms with Gasteiger partial charge in [-0.15, -0.1) is 0 Å². The molecule has 0 fully saturated rings. The van der Waals surface area contributed by atoms with Crippen LogP contribution in [0.25, 0.3) is 0 Å². The second kappa shape index (κ2) is 8.67. The van der Waals surface area contributed by atoms with E-state index in [1.807, 2.05) is 69.3 Å². The number of hydrogen-bond donors (Lipinski definition) is 1. The minimum absolute atomic E-state index is 0.0726. The SMILES string of the molecule is CC[C@H](C)[C@H]1N=C2c3ccccc3N=C(S[C@@H](C)C(=O)Nc3ccccc3C)N2C1=O. The van der Waals surface area contributed by atoms with Crippen molar-refractivity contribution in [2.45, 2.75) is 45.4 Å². The van der Waals surface area contributed by atoms with Crippen LogP contribution in [0.1, 0.15) is 38.3 Å². The van der Waals surface area contributed by atoms with Crippen LogP contribution in [0.3, 0.4) is 0 Å². The predicted molar refractivity (Wildman–Crippen MR) is 127 cm³/mol. The average Bonchev–Trinajstić information content (AvgIpc) is 3.12. The van der Waals surface area contributed by atoms with Gasteiger partial charge in [0, 0.05) is 11.3 Å². The van der Waals surface area contributed by atoms with Gasteiger partial charge in [-0.3, -0.25) is 14.6 Å². The summed E-state index contributed by atoms with van der Waals surface area (Å²) >= 11 is 1.28. The van der Waals surface area contributed by atoms with E-state index < -0.39 is 11.3 Å². The number of amidine groups is 2. The van der Waals surface area contributed by atoms with Gasteiger partial charge in [0.25, 0.3) is 5.91 Å². The van der Waals surface area contributed by atoms with E-state index in [1.54, 1.807) is 4.90 Å². The molecule has 0 radical (unpaired) electrons. The third-order valence-corrected chi connectivity index (χ3v) is 6.79. The maximum atomic E-state index is 13.3. The summed E-state index contributed by atoms with van der Waals surface area (Å²) in [6.07, 6.45) is 0.859. The van der Waals surface area contributed by atoms with E-state index in [9.17, 15) is 9.59 Å². The molecule has 7 heteroatoms. The molecule has 160 valence electrons. The highest BCUT2D eigenvalue weighted by Gasteiger charge is 2.43. The van der Waals surface area contributed by atoms with Crippen LogP contribution < -0.4 is 5.32 Å². The third kappa shape index (κ3) is 4.02. The molecule has 0 spiro atoms. The van der Waals surface area contributed by atoms with Gasteiger partial charge in [0.2, 0.25) is 5.91 Å². The molecule has 2 aromatic rings. The van der Waals surface area contributed by atoms with Crippen molar-refractivity contribution in [1.82, 2.24) is 4.90 Å². The van der Waals surface area contributed by atoms with E-state index in [-0.39, 0.29) is 17.7 Å². The molecule has 0 saturated carbocycles. The second-order valence-corrected chi connectivity index (χ2v) is 9.24. The van der Waals surface area contributed by atoms with Crippen LogP contribution >= 0.6 is 11.8 Å². The standard InChI is InChI=1S/C24H26N4O2S/c1-5-14(2)20-23(30)28-21(27-20)17-11-7-9-13-19(17)26-24(28)31-16(4)22(29)25-18-12-8-6-10-15(18)3/h6-14,16,20H,5H2,1-4H3,(H,25,29)/t14-,16-,20+/m0/s1. The lowest BCUT2D eigenvalue weighted by Gasteiger charge is -2.27. The molecule has 0 bridgehead atoms. The van der Waals surface area contributed by atoms with Crippen molar-refractivity contribution >= 4 is 46.0 Å². The first-order valence-corrected chi connectivity index (χ1v) is 11.4. The number of fused-ring (bicyclic) bond motifs is 3. The van der Waals surface area contributed by atoms with E-state index in [0.717, 1.165) is 28.9 Å². The smallest absolute Gasteiger partial charge is 0.259 e. The molecule has 6 nitrogen and oxygen atoms in total. The number of aryl methyl sites for hydroxylation is 1. The second-order valence-electron chi connectivity index (χ2n) is 7.93. The highest BCUT2D eigenvalue weighted by molar-refractivity contribution is 8.15. The number of hydrogen-bond acceptors (Lipinski definition) is 5. The number of amides is 2. The van der Waals surface area contributed by atoms with E-state index in [4.69, 9.17) is 9.98 Å². The quantitative estimate of drug-likeness (QED) is 0.737. The molecule has 2 amide bonds. The summed E-state index contributed by atoms with van der Waals surface area (Å²) < 4.78 is 0. The normalized spacial score (nSPS) is 19.2. The first-order chi connectivity index (χ1) is 14.9. The highest BCUT2D eigenvalue weighted by Crippen LogP contribution is 2.36.